The van der Waals surface area contributed by atoms with Crippen LogP contribution in [-0.2, 0) is 4.79 Å². The van der Waals surface area contributed by atoms with E-state index in [2.05, 4.69) is 20.8 Å². The van der Waals surface area contributed by atoms with E-state index in [-0.39, 0.29) is 5.91 Å². The summed E-state index contributed by atoms with van der Waals surface area (Å²) in [4.78, 5) is 13.7. The summed E-state index contributed by atoms with van der Waals surface area (Å²) in [7, 11) is 1.91. The highest BCUT2D eigenvalue weighted by atomic mass is 16.2. The first-order valence-corrected chi connectivity index (χ1v) is 6.46. The van der Waals surface area contributed by atoms with Crippen molar-refractivity contribution in [1.82, 2.24) is 4.90 Å². The van der Waals surface area contributed by atoms with Crippen molar-refractivity contribution in [2.45, 2.75) is 58.9 Å². The molecule has 0 radical (unpaired) electrons. The molecule has 0 aliphatic carbocycles. The Kier molecular flexibility index (Phi) is 8.26. The first-order chi connectivity index (χ1) is 7.50. The third-order valence-electron chi connectivity index (χ3n) is 3.31. The normalized spacial score (nSPS) is 12.9. The van der Waals surface area contributed by atoms with Crippen molar-refractivity contribution in [3.05, 3.63) is 0 Å². The molecule has 3 heteroatoms. The smallest absolute Gasteiger partial charge is 0.222 e. The first-order valence-electron chi connectivity index (χ1n) is 6.46. The average molecular weight is 228 g/mol. The number of carbonyl (C=O) groups excluding carboxylic acids is 1. The summed E-state index contributed by atoms with van der Waals surface area (Å²) in [5.74, 6) is 0.792. The van der Waals surface area contributed by atoms with Gasteiger partial charge >= 0.3 is 0 Å². The highest BCUT2D eigenvalue weighted by Crippen LogP contribution is 2.11. The zero-order valence-electron chi connectivity index (χ0n) is 11.3. The fourth-order valence-corrected chi connectivity index (χ4v) is 1.62. The molecule has 96 valence electrons. The van der Waals surface area contributed by atoms with Gasteiger partial charge in [-0.1, -0.05) is 26.7 Å². The first kappa shape index (κ1) is 15.4. The maximum absolute atomic E-state index is 11.8. The Labute approximate surface area is 100 Å². The van der Waals surface area contributed by atoms with Crippen LogP contribution in [0, 0.1) is 5.92 Å². The van der Waals surface area contributed by atoms with E-state index in [1.54, 1.807) is 0 Å². The number of rotatable bonds is 8. The van der Waals surface area contributed by atoms with Crippen molar-refractivity contribution in [3.8, 4) is 0 Å². The molecule has 0 saturated carbocycles. The van der Waals surface area contributed by atoms with Crippen molar-refractivity contribution in [1.29, 1.82) is 0 Å². The summed E-state index contributed by atoms with van der Waals surface area (Å²) in [5.41, 5.74) is 5.42. The van der Waals surface area contributed by atoms with E-state index in [4.69, 9.17) is 5.73 Å². The third kappa shape index (κ3) is 6.11. The molecular weight excluding hydrogens is 200 g/mol. The molecule has 0 aromatic rings. The van der Waals surface area contributed by atoms with Crippen LogP contribution in [0.4, 0.5) is 0 Å². The number of nitrogens with zero attached hydrogens (tertiary/aromatic N) is 1. The van der Waals surface area contributed by atoms with Gasteiger partial charge in [0.1, 0.15) is 0 Å². The van der Waals surface area contributed by atoms with E-state index >= 15 is 0 Å². The van der Waals surface area contributed by atoms with E-state index in [9.17, 15) is 4.79 Å². The average Bonchev–Trinajstić information content (AvgIpc) is 2.26. The molecule has 0 heterocycles. The Morgan fingerprint density at radius 2 is 1.69 bits per heavy atom. The maximum Gasteiger partial charge on any atom is 0.222 e. The predicted molar refractivity (Wildman–Crippen MR) is 69.2 cm³/mol. The maximum atomic E-state index is 11.8. The van der Waals surface area contributed by atoms with Crippen molar-refractivity contribution in [2.75, 3.05) is 13.6 Å². The van der Waals surface area contributed by atoms with Gasteiger partial charge in [-0.2, -0.15) is 0 Å². The van der Waals surface area contributed by atoms with Gasteiger partial charge in [0.05, 0.1) is 0 Å². The summed E-state index contributed by atoms with van der Waals surface area (Å²) in [6, 6.07) is 0.330. The summed E-state index contributed by atoms with van der Waals surface area (Å²) in [5, 5.41) is 0. The minimum Gasteiger partial charge on any atom is -0.343 e. The Bertz CT molecular complexity index is 192. The second-order valence-electron chi connectivity index (χ2n) is 4.94. The number of carbonyl (C=O) groups is 1. The van der Waals surface area contributed by atoms with Crippen LogP contribution in [-0.4, -0.2) is 30.4 Å². The van der Waals surface area contributed by atoms with Crippen LogP contribution in [0.25, 0.3) is 0 Å². The lowest BCUT2D eigenvalue weighted by atomic mass is 10.0. The molecule has 0 fully saturated rings. The zero-order valence-corrected chi connectivity index (χ0v) is 11.3. The molecule has 0 aliphatic rings. The molecule has 1 atom stereocenters. The lowest BCUT2D eigenvalue weighted by molar-refractivity contribution is -0.132. The third-order valence-corrected chi connectivity index (χ3v) is 3.31. The van der Waals surface area contributed by atoms with Crippen LogP contribution >= 0.6 is 0 Å². The predicted octanol–water partition coefficient (Wildman–Crippen LogP) is 2.40. The minimum absolute atomic E-state index is 0.272. The van der Waals surface area contributed by atoms with E-state index in [1.807, 2.05) is 11.9 Å². The van der Waals surface area contributed by atoms with E-state index in [0.717, 1.165) is 32.2 Å². The molecule has 1 unspecified atom stereocenters. The molecule has 0 aromatic carbocycles. The number of nitrogens with two attached hydrogens (primary N) is 1. The van der Waals surface area contributed by atoms with E-state index in [0.29, 0.717) is 18.4 Å². The molecule has 0 bridgehead atoms. The fraction of sp³-hybridized carbons (Fsp3) is 0.923. The lowest BCUT2D eigenvalue weighted by Crippen LogP contribution is -2.38. The van der Waals surface area contributed by atoms with Gasteiger partial charge in [-0.15, -0.1) is 0 Å². The molecule has 3 nitrogen and oxygen atoms in total. The van der Waals surface area contributed by atoms with Crippen molar-refractivity contribution < 1.29 is 4.79 Å². The Balaban J connectivity index is 3.71. The van der Waals surface area contributed by atoms with Gasteiger partial charge in [0.2, 0.25) is 5.91 Å². The quantitative estimate of drug-likeness (QED) is 0.648. The Morgan fingerprint density at radius 1 is 1.12 bits per heavy atom. The monoisotopic (exact) mass is 228 g/mol. The van der Waals surface area contributed by atoms with Gasteiger partial charge in [-0.25, -0.2) is 0 Å². The molecule has 0 aliphatic heterocycles. The molecule has 0 spiro atoms. The summed E-state index contributed by atoms with van der Waals surface area (Å²) in [6.45, 7) is 7.17. The largest absolute Gasteiger partial charge is 0.343 e. The number of amides is 1. The highest BCUT2D eigenvalue weighted by molar-refractivity contribution is 5.76. The van der Waals surface area contributed by atoms with Crippen LogP contribution in [0.1, 0.15) is 52.9 Å². The zero-order chi connectivity index (χ0) is 12.6. The number of hydrogen-bond acceptors (Lipinski definition) is 2. The SMILES string of the molecule is CC(C)C(C)N(C)C(=O)CCCCCCN. The van der Waals surface area contributed by atoms with E-state index < -0.39 is 0 Å². The number of hydrogen-bond donors (Lipinski definition) is 1. The standard InChI is InChI=1S/C13H28N2O/c1-11(2)12(3)15(4)13(16)9-7-5-6-8-10-14/h11-12H,5-10,14H2,1-4H3. The van der Waals surface area contributed by atoms with Crippen LogP contribution in [0.15, 0.2) is 0 Å². The fourth-order valence-electron chi connectivity index (χ4n) is 1.62. The summed E-state index contributed by atoms with van der Waals surface area (Å²) in [6.07, 6.45) is 5.01. The summed E-state index contributed by atoms with van der Waals surface area (Å²) >= 11 is 0. The van der Waals surface area contributed by atoms with Crippen molar-refractivity contribution >= 4 is 5.91 Å². The minimum atomic E-state index is 0.272. The molecule has 0 aromatic heterocycles. The van der Waals surface area contributed by atoms with Gasteiger partial charge in [0.25, 0.3) is 0 Å². The van der Waals surface area contributed by atoms with Crippen molar-refractivity contribution in [3.63, 3.8) is 0 Å². The molecule has 1 amide bonds. The molecule has 16 heavy (non-hydrogen) atoms. The Morgan fingerprint density at radius 3 is 2.19 bits per heavy atom. The summed E-state index contributed by atoms with van der Waals surface area (Å²) < 4.78 is 0. The second-order valence-corrected chi connectivity index (χ2v) is 4.94. The lowest BCUT2D eigenvalue weighted by Gasteiger charge is -2.28. The highest BCUT2D eigenvalue weighted by Gasteiger charge is 2.17. The van der Waals surface area contributed by atoms with Gasteiger partial charge < -0.3 is 10.6 Å². The van der Waals surface area contributed by atoms with Crippen LogP contribution in [0.3, 0.4) is 0 Å². The Hall–Kier alpha value is -0.570. The van der Waals surface area contributed by atoms with Crippen LogP contribution in [0.5, 0.6) is 0 Å². The molecule has 0 saturated heterocycles. The van der Waals surface area contributed by atoms with Crippen molar-refractivity contribution in [2.24, 2.45) is 11.7 Å². The van der Waals surface area contributed by atoms with E-state index in [1.165, 1.54) is 0 Å². The number of unbranched alkanes of at least 4 members (excludes halogenated alkanes) is 3. The molecule has 2 N–H and O–H groups in total. The van der Waals surface area contributed by atoms with Gasteiger partial charge in [0.15, 0.2) is 0 Å². The van der Waals surface area contributed by atoms with Gasteiger partial charge in [-0.3, -0.25) is 4.79 Å². The van der Waals surface area contributed by atoms with Gasteiger partial charge in [0, 0.05) is 19.5 Å². The molecular formula is C13H28N2O. The topological polar surface area (TPSA) is 46.3 Å². The second kappa shape index (κ2) is 8.57. The molecule has 0 rings (SSSR count). The van der Waals surface area contributed by atoms with Crippen LogP contribution in [0.2, 0.25) is 0 Å². The van der Waals surface area contributed by atoms with Crippen LogP contribution < -0.4 is 5.73 Å². The van der Waals surface area contributed by atoms with Gasteiger partial charge in [-0.05, 0) is 32.2 Å².